The quantitative estimate of drug-likeness (QED) is 0.764. The molecule has 0 aromatic heterocycles. The maximum Gasteiger partial charge on any atom is 0.319 e. The molecule has 1 heterocycles. The SMILES string of the molecule is O=C1COc2cc(NC(=O)NC(c3ccccc3)C3CCCC3)ccc2N1. The Bertz CT molecular complexity index is 832. The van der Waals surface area contributed by atoms with Gasteiger partial charge >= 0.3 is 6.03 Å². The number of hydrogen-bond acceptors (Lipinski definition) is 3. The van der Waals surface area contributed by atoms with Crippen LogP contribution >= 0.6 is 0 Å². The zero-order valence-electron chi connectivity index (χ0n) is 15.0. The first-order valence-electron chi connectivity index (χ1n) is 9.38. The summed E-state index contributed by atoms with van der Waals surface area (Å²) in [6.07, 6.45) is 4.69. The van der Waals surface area contributed by atoms with Crippen LogP contribution in [0.25, 0.3) is 0 Å². The summed E-state index contributed by atoms with van der Waals surface area (Å²) in [6.45, 7) is -0.0135. The monoisotopic (exact) mass is 365 g/mol. The third-order valence-corrected chi connectivity index (χ3v) is 5.19. The summed E-state index contributed by atoms with van der Waals surface area (Å²) in [6, 6.07) is 15.1. The van der Waals surface area contributed by atoms with Crippen LogP contribution in [0.1, 0.15) is 37.3 Å². The van der Waals surface area contributed by atoms with Crippen molar-refractivity contribution in [2.24, 2.45) is 5.92 Å². The number of amides is 3. The molecule has 140 valence electrons. The molecule has 2 aromatic carbocycles. The Hall–Kier alpha value is -3.02. The van der Waals surface area contributed by atoms with Gasteiger partial charge in [-0.2, -0.15) is 0 Å². The van der Waals surface area contributed by atoms with Crippen LogP contribution in [0.4, 0.5) is 16.2 Å². The van der Waals surface area contributed by atoms with E-state index >= 15 is 0 Å². The average molecular weight is 365 g/mol. The molecule has 1 unspecified atom stereocenters. The van der Waals surface area contributed by atoms with Gasteiger partial charge in [0.15, 0.2) is 6.61 Å². The molecule has 0 spiro atoms. The Kier molecular flexibility index (Phi) is 4.96. The van der Waals surface area contributed by atoms with Gasteiger partial charge < -0.3 is 20.7 Å². The zero-order chi connectivity index (χ0) is 18.6. The van der Waals surface area contributed by atoms with Gasteiger partial charge in [-0.3, -0.25) is 4.79 Å². The third kappa shape index (κ3) is 4.05. The molecular weight excluding hydrogens is 342 g/mol. The van der Waals surface area contributed by atoms with Crippen LogP contribution in [0.15, 0.2) is 48.5 Å². The number of urea groups is 1. The second kappa shape index (κ2) is 7.70. The fraction of sp³-hybridized carbons (Fsp3) is 0.333. The molecule has 0 bridgehead atoms. The van der Waals surface area contributed by atoms with Crippen molar-refractivity contribution >= 4 is 23.3 Å². The smallest absolute Gasteiger partial charge is 0.319 e. The van der Waals surface area contributed by atoms with E-state index in [0.717, 1.165) is 18.4 Å². The number of carbonyl (C=O) groups excluding carboxylic acids is 2. The maximum atomic E-state index is 12.6. The number of rotatable bonds is 4. The lowest BCUT2D eigenvalue weighted by atomic mass is 9.92. The number of hydrogen-bond donors (Lipinski definition) is 3. The van der Waals surface area contributed by atoms with Crippen LogP contribution in [-0.4, -0.2) is 18.5 Å². The first-order chi connectivity index (χ1) is 13.2. The molecule has 4 rings (SSSR count). The molecule has 6 nitrogen and oxygen atoms in total. The van der Waals surface area contributed by atoms with Crippen LogP contribution in [0.2, 0.25) is 0 Å². The van der Waals surface area contributed by atoms with Crippen molar-refractivity contribution in [2.45, 2.75) is 31.7 Å². The number of benzene rings is 2. The van der Waals surface area contributed by atoms with E-state index in [1.54, 1.807) is 18.2 Å². The standard InChI is InChI=1S/C21H23N3O3/c25-19-13-27-18-12-16(10-11-17(18)23-19)22-21(26)24-20(15-8-4-5-9-15)14-6-2-1-3-7-14/h1-3,6-7,10-12,15,20H,4-5,8-9,13H2,(H,23,25)(H2,22,24,26). The molecule has 0 radical (unpaired) electrons. The molecule has 1 aliphatic carbocycles. The first-order valence-corrected chi connectivity index (χ1v) is 9.38. The molecule has 1 atom stereocenters. The molecule has 2 aromatic rings. The molecule has 1 aliphatic heterocycles. The number of ether oxygens (including phenoxy) is 1. The molecule has 1 saturated carbocycles. The Labute approximate surface area is 158 Å². The minimum atomic E-state index is -0.240. The van der Waals surface area contributed by atoms with Crippen molar-refractivity contribution in [2.75, 3.05) is 17.2 Å². The lowest BCUT2D eigenvalue weighted by Gasteiger charge is -2.25. The summed E-state index contributed by atoms with van der Waals surface area (Å²) < 4.78 is 5.41. The van der Waals surface area contributed by atoms with E-state index in [1.807, 2.05) is 18.2 Å². The van der Waals surface area contributed by atoms with Gasteiger partial charge in [-0.05, 0) is 36.5 Å². The number of fused-ring (bicyclic) bond motifs is 1. The van der Waals surface area contributed by atoms with E-state index in [4.69, 9.17) is 4.74 Å². The Morgan fingerprint density at radius 2 is 1.89 bits per heavy atom. The summed E-state index contributed by atoms with van der Waals surface area (Å²) in [5.41, 5.74) is 2.38. The highest BCUT2D eigenvalue weighted by molar-refractivity contribution is 5.96. The van der Waals surface area contributed by atoms with Gasteiger partial charge in [0.25, 0.3) is 5.91 Å². The molecule has 27 heavy (non-hydrogen) atoms. The maximum absolute atomic E-state index is 12.6. The fourth-order valence-electron chi connectivity index (χ4n) is 3.89. The molecular formula is C21H23N3O3. The predicted octanol–water partition coefficient (Wildman–Crippen LogP) is 4.07. The van der Waals surface area contributed by atoms with Gasteiger partial charge in [-0.15, -0.1) is 0 Å². The Morgan fingerprint density at radius 3 is 2.67 bits per heavy atom. The second-order valence-corrected chi connectivity index (χ2v) is 7.08. The van der Waals surface area contributed by atoms with E-state index in [9.17, 15) is 9.59 Å². The minimum Gasteiger partial charge on any atom is -0.482 e. The van der Waals surface area contributed by atoms with Crippen molar-refractivity contribution in [3.05, 3.63) is 54.1 Å². The lowest BCUT2D eigenvalue weighted by Crippen LogP contribution is -2.36. The van der Waals surface area contributed by atoms with Gasteiger partial charge in [-0.1, -0.05) is 43.2 Å². The highest BCUT2D eigenvalue weighted by Crippen LogP contribution is 2.36. The Balaban J connectivity index is 1.46. The number of carbonyl (C=O) groups is 2. The van der Waals surface area contributed by atoms with E-state index in [0.29, 0.717) is 23.0 Å². The van der Waals surface area contributed by atoms with Crippen LogP contribution in [0.5, 0.6) is 5.75 Å². The zero-order valence-corrected chi connectivity index (χ0v) is 15.0. The largest absolute Gasteiger partial charge is 0.482 e. The Morgan fingerprint density at radius 1 is 1.11 bits per heavy atom. The minimum absolute atomic E-state index is 0.00173. The summed E-state index contributed by atoms with van der Waals surface area (Å²) in [5.74, 6) is 0.839. The second-order valence-electron chi connectivity index (χ2n) is 7.08. The van der Waals surface area contributed by atoms with Crippen LogP contribution in [0.3, 0.4) is 0 Å². The van der Waals surface area contributed by atoms with E-state index in [-0.39, 0.29) is 24.6 Å². The fourth-order valence-corrected chi connectivity index (χ4v) is 3.89. The lowest BCUT2D eigenvalue weighted by molar-refractivity contribution is -0.118. The third-order valence-electron chi connectivity index (χ3n) is 5.19. The van der Waals surface area contributed by atoms with Crippen molar-refractivity contribution in [1.29, 1.82) is 0 Å². The molecule has 3 N–H and O–H groups in total. The summed E-state index contributed by atoms with van der Waals surface area (Å²) in [7, 11) is 0. The highest BCUT2D eigenvalue weighted by Gasteiger charge is 2.27. The molecule has 3 amide bonds. The summed E-state index contributed by atoms with van der Waals surface area (Å²) >= 11 is 0. The van der Waals surface area contributed by atoms with Gasteiger partial charge in [0.1, 0.15) is 5.75 Å². The van der Waals surface area contributed by atoms with E-state index < -0.39 is 0 Å². The van der Waals surface area contributed by atoms with Crippen molar-refractivity contribution in [3.63, 3.8) is 0 Å². The first kappa shape index (κ1) is 17.4. The molecule has 6 heteroatoms. The summed E-state index contributed by atoms with van der Waals surface area (Å²) in [5, 5.41) is 8.77. The van der Waals surface area contributed by atoms with E-state index in [1.165, 1.54) is 12.8 Å². The number of anilines is 2. The van der Waals surface area contributed by atoms with Gasteiger partial charge in [-0.25, -0.2) is 4.79 Å². The van der Waals surface area contributed by atoms with Crippen molar-refractivity contribution < 1.29 is 14.3 Å². The van der Waals surface area contributed by atoms with Crippen LogP contribution in [0, 0.1) is 5.92 Å². The molecule has 1 fully saturated rings. The van der Waals surface area contributed by atoms with Gasteiger partial charge in [0.05, 0.1) is 11.7 Å². The highest BCUT2D eigenvalue weighted by atomic mass is 16.5. The van der Waals surface area contributed by atoms with Crippen molar-refractivity contribution in [1.82, 2.24) is 5.32 Å². The normalized spacial score (nSPS) is 17.4. The predicted molar refractivity (Wildman–Crippen MR) is 104 cm³/mol. The average Bonchev–Trinajstić information content (AvgIpc) is 3.21. The molecule has 2 aliphatic rings. The van der Waals surface area contributed by atoms with Crippen molar-refractivity contribution in [3.8, 4) is 5.75 Å². The molecule has 0 saturated heterocycles. The topological polar surface area (TPSA) is 79.5 Å². The number of nitrogens with one attached hydrogen (secondary N) is 3. The van der Waals surface area contributed by atoms with E-state index in [2.05, 4.69) is 28.1 Å². The van der Waals surface area contributed by atoms with Gasteiger partial charge in [0.2, 0.25) is 0 Å². The van der Waals surface area contributed by atoms with Crippen LogP contribution < -0.4 is 20.7 Å². The van der Waals surface area contributed by atoms with Crippen LogP contribution in [-0.2, 0) is 4.79 Å². The van der Waals surface area contributed by atoms with Gasteiger partial charge in [0, 0.05) is 11.8 Å². The summed E-state index contributed by atoms with van der Waals surface area (Å²) in [4.78, 5) is 24.0.